The second-order valence-electron chi connectivity index (χ2n) is 8.18. The third-order valence-corrected chi connectivity index (χ3v) is 7.11. The van der Waals surface area contributed by atoms with Crippen LogP contribution in [-0.4, -0.2) is 59.8 Å². The zero-order valence-electron chi connectivity index (χ0n) is 17.7. The van der Waals surface area contributed by atoms with Crippen LogP contribution in [0.2, 0.25) is 5.28 Å². The van der Waals surface area contributed by atoms with E-state index in [0.29, 0.717) is 24.3 Å². The number of hydrogen-bond acceptors (Lipinski definition) is 9. The van der Waals surface area contributed by atoms with Crippen LogP contribution in [0.4, 0.5) is 5.82 Å². The van der Waals surface area contributed by atoms with Gasteiger partial charge in [0.25, 0.3) is 0 Å². The van der Waals surface area contributed by atoms with E-state index >= 15 is 0 Å². The molecule has 12 heteroatoms. The maximum Gasteiger partial charge on any atom is 0.226 e. The number of aryl methyl sites for hydroxylation is 1. The number of fused-ring (bicyclic) bond motifs is 2. The van der Waals surface area contributed by atoms with Gasteiger partial charge in [-0.3, -0.25) is 0 Å². The Morgan fingerprint density at radius 1 is 1.24 bits per heavy atom. The van der Waals surface area contributed by atoms with Crippen LogP contribution in [0, 0.1) is 0 Å². The maximum absolute atomic E-state index is 9.26. The van der Waals surface area contributed by atoms with Crippen molar-refractivity contribution in [1.29, 1.82) is 0 Å². The zero-order valence-corrected chi connectivity index (χ0v) is 19.4. The molecule has 0 saturated carbocycles. The molecule has 3 heterocycles. The molecule has 4 unspecified atom stereocenters. The lowest BCUT2D eigenvalue weighted by Gasteiger charge is -2.19. The minimum absolute atomic E-state index is 0.126. The molecule has 2 aromatic heterocycles. The van der Waals surface area contributed by atoms with Gasteiger partial charge in [-0.05, 0) is 48.4 Å². The van der Waals surface area contributed by atoms with Gasteiger partial charge in [0.2, 0.25) is 5.28 Å². The highest BCUT2D eigenvalue weighted by atomic mass is 35.5. The van der Waals surface area contributed by atoms with Crippen LogP contribution in [0.1, 0.15) is 42.7 Å². The van der Waals surface area contributed by atoms with Gasteiger partial charge in [-0.2, -0.15) is 15.1 Å². The molecule has 1 fully saturated rings. The van der Waals surface area contributed by atoms with Crippen molar-refractivity contribution < 1.29 is 24.4 Å². The summed E-state index contributed by atoms with van der Waals surface area (Å²) in [5.41, 5.74) is 3.19. The van der Waals surface area contributed by atoms with E-state index in [1.165, 1.54) is 11.1 Å². The molecular weight excluding hydrogens is 469 g/mol. The number of benzene rings is 1. The molecule has 1 aliphatic heterocycles. The highest BCUT2D eigenvalue weighted by molar-refractivity contribution is 7.45. The van der Waals surface area contributed by atoms with Crippen molar-refractivity contribution in [2.75, 3.05) is 18.5 Å². The summed E-state index contributed by atoms with van der Waals surface area (Å²) in [6.45, 7) is -0.320. The predicted octanol–water partition coefficient (Wildman–Crippen LogP) is 2.89. The Morgan fingerprint density at radius 2 is 2.09 bits per heavy atom. The van der Waals surface area contributed by atoms with E-state index < -0.39 is 20.8 Å². The molecule has 0 radical (unpaired) electrons. The maximum atomic E-state index is 9.26. The first-order chi connectivity index (χ1) is 16.0. The Morgan fingerprint density at radius 3 is 2.91 bits per heavy atom. The second-order valence-corrected chi connectivity index (χ2v) is 9.74. The first-order valence-electron chi connectivity index (χ1n) is 10.8. The van der Waals surface area contributed by atoms with Crippen molar-refractivity contribution in [1.82, 2.24) is 19.7 Å². The molecule has 0 spiro atoms. The molecule has 0 bridgehead atoms. The summed E-state index contributed by atoms with van der Waals surface area (Å²) in [7, 11) is -2.37. The number of aromatic nitrogens is 4. The minimum Gasteiger partial charge on any atom is -0.393 e. The van der Waals surface area contributed by atoms with Gasteiger partial charge in [0.15, 0.2) is 20.3 Å². The number of nitrogens with zero attached hydrogens (tertiary/aromatic N) is 4. The fourth-order valence-electron chi connectivity index (χ4n) is 4.49. The van der Waals surface area contributed by atoms with Gasteiger partial charge in [0, 0.05) is 0 Å². The number of aliphatic hydroxyl groups excluding tert-OH is 1. The summed E-state index contributed by atoms with van der Waals surface area (Å²) < 4.78 is 13.2. The highest BCUT2D eigenvalue weighted by Gasteiger charge is 2.31. The molecular formula is C21H25ClN5O5P. The number of hydrogen-bond donors (Lipinski definition) is 4. The number of nitrogens with one attached hydrogen (secondary N) is 1. The third-order valence-electron chi connectivity index (χ3n) is 6.12. The molecule has 4 atom stereocenters. The van der Waals surface area contributed by atoms with Crippen LogP contribution in [0.15, 0.2) is 30.5 Å². The van der Waals surface area contributed by atoms with E-state index in [1.807, 2.05) is 6.07 Å². The minimum atomic E-state index is -2.37. The molecule has 0 amide bonds. The van der Waals surface area contributed by atoms with Crippen LogP contribution in [0.25, 0.3) is 11.0 Å². The largest absolute Gasteiger partial charge is 0.393 e. The smallest absolute Gasteiger partial charge is 0.226 e. The van der Waals surface area contributed by atoms with Gasteiger partial charge in [-0.1, -0.05) is 24.3 Å². The highest BCUT2D eigenvalue weighted by Crippen LogP contribution is 2.37. The summed E-state index contributed by atoms with van der Waals surface area (Å²) in [5, 5.41) is 18.1. The van der Waals surface area contributed by atoms with Crippen LogP contribution < -0.4 is 5.32 Å². The van der Waals surface area contributed by atoms with Gasteiger partial charge in [0.1, 0.15) is 11.7 Å². The monoisotopic (exact) mass is 493 g/mol. The lowest BCUT2D eigenvalue weighted by atomic mass is 10.1. The number of halogens is 1. The Balaban J connectivity index is 1.32. The quantitative estimate of drug-likeness (QED) is 0.276. The standard InChI is InChI=1S/C21H25ClN5O5P/c22-21-25-19(24-16-7-5-12-3-1-2-4-14(12)16)15-9-23-27(20(15)26-21)17-8-6-13(32-17)11-31-18(10-28)33(29)30/h1-4,9,13,16-18,28-30H,5-8,10-11H2,(H,24,25,26). The molecule has 176 valence electrons. The predicted molar refractivity (Wildman–Crippen MR) is 123 cm³/mol. The number of anilines is 1. The molecule has 4 N–H and O–H groups in total. The van der Waals surface area contributed by atoms with E-state index in [9.17, 15) is 14.9 Å². The molecule has 1 aliphatic carbocycles. The fraction of sp³-hybridized carbons (Fsp3) is 0.476. The third kappa shape index (κ3) is 4.70. The Kier molecular flexibility index (Phi) is 6.76. The molecule has 1 aromatic carbocycles. The Labute approximate surface area is 196 Å². The van der Waals surface area contributed by atoms with Crippen molar-refractivity contribution in [3.8, 4) is 0 Å². The lowest BCUT2D eigenvalue weighted by molar-refractivity contribution is -0.0575. The normalized spacial score (nSPS) is 23.4. The number of rotatable bonds is 8. The fourth-order valence-corrected chi connectivity index (χ4v) is 5.02. The Hall–Kier alpha value is -1.91. The molecule has 33 heavy (non-hydrogen) atoms. The molecule has 5 rings (SSSR count). The van der Waals surface area contributed by atoms with Gasteiger partial charge in [0.05, 0.1) is 36.9 Å². The van der Waals surface area contributed by atoms with Crippen molar-refractivity contribution in [2.24, 2.45) is 0 Å². The van der Waals surface area contributed by atoms with Crippen LogP contribution in [0.3, 0.4) is 0 Å². The molecule has 10 nitrogen and oxygen atoms in total. The van der Waals surface area contributed by atoms with Crippen molar-refractivity contribution in [3.05, 3.63) is 46.9 Å². The van der Waals surface area contributed by atoms with E-state index in [-0.39, 0.29) is 30.3 Å². The summed E-state index contributed by atoms with van der Waals surface area (Å²) in [4.78, 5) is 27.4. The van der Waals surface area contributed by atoms with Crippen LogP contribution in [-0.2, 0) is 15.9 Å². The molecule has 1 saturated heterocycles. The number of ether oxygens (including phenoxy) is 2. The molecule has 3 aromatic rings. The zero-order chi connectivity index (χ0) is 22.9. The number of aliphatic hydroxyl groups is 1. The van der Waals surface area contributed by atoms with E-state index in [0.717, 1.165) is 18.2 Å². The topological polar surface area (TPSA) is 135 Å². The van der Waals surface area contributed by atoms with Crippen LogP contribution >= 0.6 is 20.0 Å². The van der Waals surface area contributed by atoms with Gasteiger partial charge < -0.3 is 29.7 Å². The van der Waals surface area contributed by atoms with E-state index in [2.05, 4.69) is 38.6 Å². The summed E-state index contributed by atoms with van der Waals surface area (Å²) >= 11 is 6.27. The lowest BCUT2D eigenvalue weighted by Crippen LogP contribution is -2.23. The van der Waals surface area contributed by atoms with Gasteiger partial charge >= 0.3 is 0 Å². The Bertz CT molecular complexity index is 1130. The first kappa shape index (κ1) is 22.9. The average Bonchev–Trinajstić information content (AvgIpc) is 3.52. The van der Waals surface area contributed by atoms with Crippen molar-refractivity contribution in [3.63, 3.8) is 0 Å². The first-order valence-corrected chi connectivity index (χ1v) is 12.5. The van der Waals surface area contributed by atoms with Gasteiger partial charge in [-0.15, -0.1) is 0 Å². The summed E-state index contributed by atoms with van der Waals surface area (Å²) in [6, 6.07) is 8.53. The summed E-state index contributed by atoms with van der Waals surface area (Å²) in [6.07, 6.45) is 4.46. The second kappa shape index (κ2) is 9.76. The van der Waals surface area contributed by atoms with E-state index in [1.54, 1.807) is 10.9 Å². The van der Waals surface area contributed by atoms with Gasteiger partial charge in [-0.25, -0.2) is 4.68 Å². The van der Waals surface area contributed by atoms with E-state index in [4.69, 9.17) is 21.1 Å². The van der Waals surface area contributed by atoms with Crippen molar-refractivity contribution in [2.45, 2.75) is 49.9 Å². The molecule has 2 aliphatic rings. The summed E-state index contributed by atoms with van der Waals surface area (Å²) in [5.74, 6) is -0.366. The van der Waals surface area contributed by atoms with Crippen LogP contribution in [0.5, 0.6) is 0 Å². The van der Waals surface area contributed by atoms with Crippen molar-refractivity contribution >= 4 is 36.8 Å². The average molecular weight is 494 g/mol. The SMILES string of the molecule is OCC(OCC1CCC(n2ncc3c(NC4CCc5ccccc54)nc(Cl)nc32)O1)P(O)O.